The molecule has 4 rings (SSSR count). The molecular formula is C20H21N5O2S. The minimum atomic E-state index is -0.238. The van der Waals surface area contributed by atoms with Gasteiger partial charge in [-0.1, -0.05) is 12.1 Å². The average molecular weight is 395 g/mol. The summed E-state index contributed by atoms with van der Waals surface area (Å²) in [6, 6.07) is 9.20. The Morgan fingerprint density at radius 2 is 2.14 bits per heavy atom. The van der Waals surface area contributed by atoms with Gasteiger partial charge >= 0.3 is 0 Å². The number of nitrogens with zero attached hydrogens (tertiary/aromatic N) is 4. The summed E-state index contributed by atoms with van der Waals surface area (Å²) < 4.78 is 0. The molecule has 28 heavy (non-hydrogen) atoms. The summed E-state index contributed by atoms with van der Waals surface area (Å²) >= 11 is 1.61. The fourth-order valence-electron chi connectivity index (χ4n) is 3.59. The van der Waals surface area contributed by atoms with Gasteiger partial charge < -0.3 is 15.1 Å². The van der Waals surface area contributed by atoms with Gasteiger partial charge in [-0.05, 0) is 32.0 Å². The van der Waals surface area contributed by atoms with Crippen LogP contribution in [0.25, 0.3) is 10.2 Å². The van der Waals surface area contributed by atoms with Gasteiger partial charge in [0.1, 0.15) is 17.0 Å². The number of anilines is 3. The summed E-state index contributed by atoms with van der Waals surface area (Å²) in [6.07, 6.45) is 1.78. The number of thiophene rings is 1. The number of nitrogens with one attached hydrogen (secondary N) is 1. The second-order valence-electron chi connectivity index (χ2n) is 7.01. The monoisotopic (exact) mass is 395 g/mol. The number of carbonyl (C=O) groups excluding carboxylic acids is 2. The van der Waals surface area contributed by atoms with Crippen LogP contribution < -0.4 is 15.1 Å². The summed E-state index contributed by atoms with van der Waals surface area (Å²) in [5, 5.41) is 3.83. The number of amides is 2. The van der Waals surface area contributed by atoms with Gasteiger partial charge in [0.2, 0.25) is 11.8 Å². The van der Waals surface area contributed by atoms with E-state index in [0.29, 0.717) is 5.69 Å². The Labute approximate surface area is 167 Å². The molecule has 8 heteroatoms. The van der Waals surface area contributed by atoms with Crippen molar-refractivity contribution < 1.29 is 9.59 Å². The number of likely N-dealkylation sites (N-methyl/N-ethyl adjacent to an activating group) is 1. The van der Waals surface area contributed by atoms with Crippen LogP contribution in [0.1, 0.15) is 18.2 Å². The second kappa shape index (κ2) is 7.20. The Balaban J connectivity index is 1.64. The van der Waals surface area contributed by atoms with Crippen LogP contribution in [-0.2, 0) is 9.59 Å². The maximum Gasteiger partial charge on any atom is 0.246 e. The largest absolute Gasteiger partial charge is 0.350 e. The van der Waals surface area contributed by atoms with E-state index in [0.717, 1.165) is 26.6 Å². The Kier molecular flexibility index (Phi) is 4.72. The van der Waals surface area contributed by atoms with Crippen molar-refractivity contribution >= 4 is 50.6 Å². The van der Waals surface area contributed by atoms with E-state index < -0.39 is 0 Å². The fourth-order valence-corrected chi connectivity index (χ4v) is 4.43. The average Bonchev–Trinajstić information content (AvgIpc) is 2.96. The molecular weight excluding hydrogens is 374 g/mol. The highest BCUT2D eigenvalue weighted by Crippen LogP contribution is 2.32. The number of aromatic nitrogens is 2. The van der Waals surface area contributed by atoms with Gasteiger partial charge in [-0.2, -0.15) is 0 Å². The second-order valence-corrected chi connectivity index (χ2v) is 8.25. The number of hydrogen-bond donors (Lipinski definition) is 1. The molecule has 0 spiro atoms. The van der Waals surface area contributed by atoms with E-state index in [2.05, 4.69) is 15.3 Å². The molecule has 0 bridgehead atoms. The number of para-hydroxylation sites is 2. The van der Waals surface area contributed by atoms with Crippen molar-refractivity contribution in [1.29, 1.82) is 0 Å². The van der Waals surface area contributed by atoms with E-state index in [1.807, 2.05) is 56.1 Å². The van der Waals surface area contributed by atoms with E-state index in [-0.39, 0.29) is 30.8 Å². The summed E-state index contributed by atoms with van der Waals surface area (Å²) in [5.74, 6) is 0.556. The van der Waals surface area contributed by atoms with Gasteiger partial charge in [-0.25, -0.2) is 9.97 Å². The number of hydrogen-bond acceptors (Lipinski definition) is 6. The highest BCUT2D eigenvalue weighted by atomic mass is 32.1. The van der Waals surface area contributed by atoms with Crippen molar-refractivity contribution in [3.05, 3.63) is 41.5 Å². The number of carbonyl (C=O) groups is 2. The smallest absolute Gasteiger partial charge is 0.246 e. The molecule has 3 heterocycles. The summed E-state index contributed by atoms with van der Waals surface area (Å²) in [6.45, 7) is 4.07. The number of benzene rings is 1. The first-order valence-electron chi connectivity index (χ1n) is 9.07. The van der Waals surface area contributed by atoms with E-state index in [1.165, 1.54) is 6.33 Å². The van der Waals surface area contributed by atoms with Crippen molar-refractivity contribution in [2.75, 3.05) is 28.7 Å². The van der Waals surface area contributed by atoms with Crippen molar-refractivity contribution in [1.82, 2.24) is 9.97 Å². The zero-order chi connectivity index (χ0) is 19.8. The van der Waals surface area contributed by atoms with Gasteiger partial charge in [0.25, 0.3) is 0 Å². The molecule has 3 aromatic rings. The molecule has 2 amide bonds. The first-order chi connectivity index (χ1) is 13.4. The lowest BCUT2D eigenvalue weighted by molar-refractivity contribution is -0.118. The van der Waals surface area contributed by atoms with Gasteiger partial charge in [0, 0.05) is 24.4 Å². The third-order valence-electron chi connectivity index (χ3n) is 4.79. The molecule has 1 atom stereocenters. The summed E-state index contributed by atoms with van der Waals surface area (Å²) in [7, 11) is 1.85. The molecule has 0 saturated carbocycles. The molecule has 0 saturated heterocycles. The van der Waals surface area contributed by atoms with Crippen LogP contribution in [0.2, 0.25) is 0 Å². The van der Waals surface area contributed by atoms with Crippen LogP contribution in [0.15, 0.2) is 36.7 Å². The highest BCUT2D eigenvalue weighted by molar-refractivity contribution is 7.18. The molecule has 0 aliphatic carbocycles. The van der Waals surface area contributed by atoms with E-state index in [4.69, 9.17) is 0 Å². The summed E-state index contributed by atoms with van der Waals surface area (Å²) in [4.78, 5) is 39.7. The standard InChI is InChI=1S/C20H21N5O2S/c1-12-8-17(26)23-15-6-4-5-7-16(15)25(12)18(27)10-24(3)19-14-9-13(2)28-20(14)22-11-21-19/h4-7,9,11-12H,8,10H2,1-3H3,(H,23,26). The molecule has 1 aliphatic heterocycles. The third-order valence-corrected chi connectivity index (χ3v) is 5.75. The Bertz CT molecular complexity index is 1060. The predicted octanol–water partition coefficient (Wildman–Crippen LogP) is 3.20. The normalized spacial score (nSPS) is 16.5. The maximum atomic E-state index is 13.3. The molecule has 0 radical (unpaired) electrons. The minimum Gasteiger partial charge on any atom is -0.350 e. The first-order valence-corrected chi connectivity index (χ1v) is 9.89. The van der Waals surface area contributed by atoms with Crippen LogP contribution in [-0.4, -0.2) is 41.4 Å². The Hall–Kier alpha value is -3.00. The van der Waals surface area contributed by atoms with E-state index in [9.17, 15) is 9.59 Å². The quantitative estimate of drug-likeness (QED) is 0.737. The molecule has 1 aliphatic rings. The molecule has 0 fully saturated rings. The zero-order valence-corrected chi connectivity index (χ0v) is 16.8. The molecule has 144 valence electrons. The molecule has 7 nitrogen and oxygen atoms in total. The zero-order valence-electron chi connectivity index (χ0n) is 16.0. The number of rotatable bonds is 3. The van der Waals surface area contributed by atoms with Crippen LogP contribution in [0.3, 0.4) is 0 Å². The minimum absolute atomic E-state index is 0.0855. The number of aryl methyl sites for hydroxylation is 1. The van der Waals surface area contributed by atoms with Crippen molar-refractivity contribution in [3.8, 4) is 0 Å². The molecule has 1 unspecified atom stereocenters. The lowest BCUT2D eigenvalue weighted by Gasteiger charge is -2.30. The topological polar surface area (TPSA) is 78.4 Å². The lowest BCUT2D eigenvalue weighted by atomic mass is 10.1. The molecule has 1 N–H and O–H groups in total. The third kappa shape index (κ3) is 3.31. The van der Waals surface area contributed by atoms with Crippen molar-refractivity contribution in [2.45, 2.75) is 26.3 Å². The molecule has 2 aromatic heterocycles. The SMILES string of the molecule is Cc1cc2c(N(C)CC(=O)N3c4ccccc4NC(=O)CC3C)ncnc2s1. The predicted molar refractivity (Wildman–Crippen MR) is 112 cm³/mol. The van der Waals surface area contributed by atoms with E-state index in [1.54, 1.807) is 16.2 Å². The molecule has 1 aromatic carbocycles. The first kappa shape index (κ1) is 18.4. The van der Waals surface area contributed by atoms with Crippen LogP contribution in [0, 0.1) is 6.92 Å². The van der Waals surface area contributed by atoms with E-state index >= 15 is 0 Å². The van der Waals surface area contributed by atoms with Gasteiger partial charge in [0.15, 0.2) is 0 Å². The van der Waals surface area contributed by atoms with Gasteiger partial charge in [-0.3, -0.25) is 9.59 Å². The van der Waals surface area contributed by atoms with Gasteiger partial charge in [0.05, 0.1) is 23.3 Å². The fraction of sp³-hybridized carbons (Fsp3) is 0.300. The Morgan fingerprint density at radius 3 is 2.96 bits per heavy atom. The summed E-state index contributed by atoms with van der Waals surface area (Å²) in [5.41, 5.74) is 1.38. The van der Waals surface area contributed by atoms with Crippen LogP contribution in [0.4, 0.5) is 17.2 Å². The van der Waals surface area contributed by atoms with Crippen molar-refractivity contribution in [2.24, 2.45) is 0 Å². The lowest BCUT2D eigenvalue weighted by Crippen LogP contribution is -2.44. The number of fused-ring (bicyclic) bond motifs is 2. The van der Waals surface area contributed by atoms with Gasteiger partial charge in [-0.15, -0.1) is 11.3 Å². The maximum absolute atomic E-state index is 13.3. The van der Waals surface area contributed by atoms with Crippen LogP contribution >= 0.6 is 11.3 Å². The van der Waals surface area contributed by atoms with Crippen LogP contribution in [0.5, 0.6) is 0 Å². The highest BCUT2D eigenvalue weighted by Gasteiger charge is 2.30. The van der Waals surface area contributed by atoms with Crippen molar-refractivity contribution in [3.63, 3.8) is 0 Å². The Morgan fingerprint density at radius 1 is 1.36 bits per heavy atom.